The summed E-state index contributed by atoms with van der Waals surface area (Å²) in [5.74, 6) is 0.956. The number of para-hydroxylation sites is 1. The van der Waals surface area contributed by atoms with Crippen LogP contribution in [0.3, 0.4) is 0 Å². The Bertz CT molecular complexity index is 230. The minimum atomic E-state index is 0.275. The summed E-state index contributed by atoms with van der Waals surface area (Å²) in [6.45, 7) is 6.11. The van der Waals surface area contributed by atoms with Gasteiger partial charge in [0.2, 0.25) is 0 Å². The molecule has 0 saturated heterocycles. The summed E-state index contributed by atoms with van der Waals surface area (Å²) in [5.41, 5.74) is 0. The van der Waals surface area contributed by atoms with Crippen LogP contribution in [0.25, 0.3) is 0 Å². The van der Waals surface area contributed by atoms with Crippen molar-refractivity contribution in [2.75, 3.05) is 0 Å². The summed E-state index contributed by atoms with van der Waals surface area (Å²) in [7, 11) is 0. The van der Waals surface area contributed by atoms with Crippen molar-refractivity contribution in [3.05, 3.63) is 37.3 Å². The number of unbranched alkanes of at least 4 members (excludes halogenated alkanes) is 1. The molecule has 0 spiro atoms. The number of rotatable bonds is 6. The fourth-order valence-corrected chi connectivity index (χ4v) is 1.39. The number of ether oxygens (including phenoxy) is 1. The van der Waals surface area contributed by atoms with E-state index in [1.54, 1.807) is 0 Å². The van der Waals surface area contributed by atoms with E-state index in [2.05, 4.69) is 13.8 Å². The summed E-state index contributed by atoms with van der Waals surface area (Å²) >= 11 is 0. The standard InChI is InChI=1S/C13H19O/c1-3-5-9-12(4-2)14-13-10-7-6-8-11-13/h6-8,10-12H,2-5,9H2,1H3. The van der Waals surface area contributed by atoms with Crippen LogP contribution in [0.4, 0.5) is 0 Å². The van der Waals surface area contributed by atoms with Gasteiger partial charge in [-0.15, -0.1) is 0 Å². The Balaban J connectivity index is 2.40. The molecular weight excluding hydrogens is 172 g/mol. The average Bonchev–Trinajstić information content (AvgIpc) is 2.25. The molecule has 1 unspecified atom stereocenters. The van der Waals surface area contributed by atoms with Crippen LogP contribution in [-0.4, -0.2) is 6.10 Å². The molecule has 1 aromatic rings. The zero-order valence-corrected chi connectivity index (χ0v) is 8.91. The third-order valence-electron chi connectivity index (χ3n) is 2.25. The summed E-state index contributed by atoms with van der Waals surface area (Å²) in [6, 6.07) is 9.98. The summed E-state index contributed by atoms with van der Waals surface area (Å²) in [5, 5.41) is 0. The molecule has 1 atom stereocenters. The van der Waals surface area contributed by atoms with Crippen molar-refractivity contribution in [1.82, 2.24) is 0 Å². The molecule has 1 nitrogen and oxygen atoms in total. The smallest absolute Gasteiger partial charge is 0.119 e. The van der Waals surface area contributed by atoms with E-state index in [9.17, 15) is 0 Å². The van der Waals surface area contributed by atoms with Gasteiger partial charge in [0, 0.05) is 0 Å². The molecule has 77 valence electrons. The Morgan fingerprint density at radius 1 is 1.29 bits per heavy atom. The number of benzene rings is 1. The fourth-order valence-electron chi connectivity index (χ4n) is 1.39. The molecule has 0 fully saturated rings. The lowest BCUT2D eigenvalue weighted by Crippen LogP contribution is -2.14. The second-order valence-corrected chi connectivity index (χ2v) is 3.48. The number of hydrogen-bond acceptors (Lipinski definition) is 1. The van der Waals surface area contributed by atoms with Gasteiger partial charge < -0.3 is 4.74 Å². The minimum Gasteiger partial charge on any atom is -0.490 e. The van der Waals surface area contributed by atoms with Crippen LogP contribution in [0.15, 0.2) is 30.3 Å². The van der Waals surface area contributed by atoms with Crippen molar-refractivity contribution in [3.8, 4) is 5.75 Å². The Morgan fingerprint density at radius 2 is 2.00 bits per heavy atom. The van der Waals surface area contributed by atoms with Crippen LogP contribution in [-0.2, 0) is 0 Å². The predicted octanol–water partition coefficient (Wildman–Crippen LogP) is 3.85. The van der Waals surface area contributed by atoms with Crippen molar-refractivity contribution in [3.63, 3.8) is 0 Å². The summed E-state index contributed by atoms with van der Waals surface area (Å²) < 4.78 is 5.80. The van der Waals surface area contributed by atoms with Crippen LogP contribution in [0, 0.1) is 6.92 Å². The van der Waals surface area contributed by atoms with Gasteiger partial charge in [-0.25, -0.2) is 0 Å². The minimum absolute atomic E-state index is 0.275. The van der Waals surface area contributed by atoms with Gasteiger partial charge >= 0.3 is 0 Å². The van der Waals surface area contributed by atoms with Crippen LogP contribution in [0.2, 0.25) is 0 Å². The van der Waals surface area contributed by atoms with Crippen LogP contribution in [0.5, 0.6) is 5.75 Å². The molecule has 0 heterocycles. The van der Waals surface area contributed by atoms with E-state index >= 15 is 0 Å². The first-order valence-corrected chi connectivity index (χ1v) is 5.37. The Kier molecular flexibility index (Phi) is 5.13. The lowest BCUT2D eigenvalue weighted by atomic mass is 10.1. The molecule has 1 aromatic carbocycles. The molecule has 0 amide bonds. The van der Waals surface area contributed by atoms with Crippen molar-refractivity contribution >= 4 is 0 Å². The largest absolute Gasteiger partial charge is 0.490 e. The molecule has 1 radical (unpaired) electrons. The van der Waals surface area contributed by atoms with E-state index in [-0.39, 0.29) is 6.10 Å². The second-order valence-electron chi connectivity index (χ2n) is 3.48. The zero-order chi connectivity index (χ0) is 10.2. The van der Waals surface area contributed by atoms with E-state index in [0.717, 1.165) is 18.6 Å². The van der Waals surface area contributed by atoms with E-state index in [1.807, 2.05) is 30.3 Å². The first-order chi connectivity index (χ1) is 6.86. The maximum Gasteiger partial charge on any atom is 0.119 e. The van der Waals surface area contributed by atoms with Gasteiger partial charge in [-0.3, -0.25) is 0 Å². The molecule has 1 heteroatoms. The van der Waals surface area contributed by atoms with E-state index in [1.165, 1.54) is 12.8 Å². The molecule has 14 heavy (non-hydrogen) atoms. The van der Waals surface area contributed by atoms with Crippen molar-refractivity contribution < 1.29 is 4.74 Å². The molecule has 0 bridgehead atoms. The molecular formula is C13H19O. The third-order valence-corrected chi connectivity index (χ3v) is 2.25. The predicted molar refractivity (Wildman–Crippen MR) is 60.4 cm³/mol. The number of hydrogen-bond donors (Lipinski definition) is 0. The highest BCUT2D eigenvalue weighted by Crippen LogP contribution is 2.15. The van der Waals surface area contributed by atoms with E-state index in [4.69, 9.17) is 4.74 Å². The Morgan fingerprint density at radius 3 is 2.57 bits per heavy atom. The van der Waals surface area contributed by atoms with Gasteiger partial charge in [-0.05, 0) is 31.9 Å². The first-order valence-electron chi connectivity index (χ1n) is 5.37. The summed E-state index contributed by atoms with van der Waals surface area (Å²) in [4.78, 5) is 0. The molecule has 0 saturated carbocycles. The Hall–Kier alpha value is -0.980. The van der Waals surface area contributed by atoms with Crippen LogP contribution < -0.4 is 4.74 Å². The fraction of sp³-hybridized carbons (Fsp3) is 0.462. The molecule has 0 aliphatic carbocycles. The van der Waals surface area contributed by atoms with Crippen molar-refractivity contribution in [2.45, 2.75) is 38.7 Å². The van der Waals surface area contributed by atoms with Gasteiger partial charge in [0.1, 0.15) is 5.75 Å². The van der Waals surface area contributed by atoms with Gasteiger partial charge in [0.25, 0.3) is 0 Å². The lowest BCUT2D eigenvalue weighted by molar-refractivity contribution is 0.190. The SMILES string of the molecule is [CH2]CC(CCCC)Oc1ccccc1. The molecule has 1 rings (SSSR count). The highest BCUT2D eigenvalue weighted by molar-refractivity contribution is 5.21. The monoisotopic (exact) mass is 191 g/mol. The molecule has 0 aliphatic rings. The first kappa shape index (κ1) is 11.1. The average molecular weight is 191 g/mol. The van der Waals surface area contributed by atoms with Crippen LogP contribution in [0.1, 0.15) is 32.6 Å². The van der Waals surface area contributed by atoms with Gasteiger partial charge in [0.05, 0.1) is 6.10 Å². The van der Waals surface area contributed by atoms with Crippen molar-refractivity contribution in [2.24, 2.45) is 0 Å². The maximum atomic E-state index is 5.80. The normalized spacial score (nSPS) is 12.4. The van der Waals surface area contributed by atoms with Crippen LogP contribution >= 0.6 is 0 Å². The van der Waals surface area contributed by atoms with E-state index < -0.39 is 0 Å². The quantitative estimate of drug-likeness (QED) is 0.663. The third kappa shape index (κ3) is 3.82. The van der Waals surface area contributed by atoms with Gasteiger partial charge in [-0.2, -0.15) is 0 Å². The van der Waals surface area contributed by atoms with Gasteiger partial charge in [-0.1, -0.05) is 38.0 Å². The Labute approximate surface area is 87.1 Å². The highest BCUT2D eigenvalue weighted by Gasteiger charge is 2.06. The second kappa shape index (κ2) is 6.47. The van der Waals surface area contributed by atoms with Crippen molar-refractivity contribution in [1.29, 1.82) is 0 Å². The zero-order valence-electron chi connectivity index (χ0n) is 8.91. The molecule has 0 aromatic heterocycles. The summed E-state index contributed by atoms with van der Waals surface area (Å²) in [6.07, 6.45) is 4.66. The highest BCUT2D eigenvalue weighted by atomic mass is 16.5. The molecule has 0 N–H and O–H groups in total. The molecule has 0 aliphatic heterocycles. The van der Waals surface area contributed by atoms with Gasteiger partial charge in [0.15, 0.2) is 0 Å². The topological polar surface area (TPSA) is 9.23 Å². The lowest BCUT2D eigenvalue weighted by Gasteiger charge is -2.16. The maximum absolute atomic E-state index is 5.80. The van der Waals surface area contributed by atoms with E-state index in [0.29, 0.717) is 0 Å².